The van der Waals surface area contributed by atoms with Crippen molar-refractivity contribution in [2.24, 2.45) is 5.92 Å². The second-order valence-corrected chi connectivity index (χ2v) is 6.18. The minimum Gasteiger partial charge on any atom is -0.468 e. The van der Waals surface area contributed by atoms with Crippen molar-refractivity contribution in [3.63, 3.8) is 0 Å². The number of carbonyl (C=O) groups is 1. The molecule has 0 bridgehead atoms. The summed E-state index contributed by atoms with van der Waals surface area (Å²) in [5.74, 6) is 0.836. The van der Waals surface area contributed by atoms with Crippen LogP contribution in [0.2, 0.25) is 0 Å². The fourth-order valence-corrected chi connectivity index (χ4v) is 3.44. The van der Waals surface area contributed by atoms with E-state index in [0.717, 1.165) is 18.0 Å². The molecule has 1 atom stereocenters. The predicted octanol–water partition coefficient (Wildman–Crippen LogP) is 1.82. The summed E-state index contributed by atoms with van der Waals surface area (Å²) >= 11 is 1.56. The lowest BCUT2D eigenvalue weighted by atomic mass is 9.94. The number of carbonyl (C=O) groups excluding carboxylic acids is 1. The molecule has 0 spiro atoms. The first-order valence-electron chi connectivity index (χ1n) is 6.57. The van der Waals surface area contributed by atoms with Crippen LogP contribution in [0.25, 0.3) is 0 Å². The number of hydrogen-bond acceptors (Lipinski definition) is 5. The van der Waals surface area contributed by atoms with E-state index in [2.05, 4.69) is 29.1 Å². The minimum atomic E-state index is -0.597. The minimum absolute atomic E-state index is 0.164. The van der Waals surface area contributed by atoms with Crippen LogP contribution >= 0.6 is 11.8 Å². The van der Waals surface area contributed by atoms with Crippen molar-refractivity contribution in [1.82, 2.24) is 15.3 Å². The summed E-state index contributed by atoms with van der Waals surface area (Å²) in [6.45, 7) is 4.11. The standard InChI is InChI=1S/C13H21N3O2S/c1-9(2)16-13(10-4-5-10,11(17)18-3)8-19-12-14-6-7-15-12/h6-7,9-10,16H,4-5,8H2,1-3H3,(H,14,15). The van der Waals surface area contributed by atoms with E-state index < -0.39 is 5.54 Å². The summed E-state index contributed by atoms with van der Waals surface area (Å²) in [7, 11) is 1.46. The molecule has 1 unspecified atom stereocenters. The maximum absolute atomic E-state index is 12.3. The molecule has 1 heterocycles. The molecule has 0 aromatic carbocycles. The molecule has 1 aromatic rings. The van der Waals surface area contributed by atoms with E-state index in [-0.39, 0.29) is 12.0 Å². The van der Waals surface area contributed by atoms with Gasteiger partial charge in [-0.3, -0.25) is 10.1 Å². The molecule has 106 valence electrons. The molecule has 1 fully saturated rings. The number of aromatic amines is 1. The molecule has 2 N–H and O–H groups in total. The first kappa shape index (κ1) is 14.4. The van der Waals surface area contributed by atoms with Crippen LogP contribution in [0.4, 0.5) is 0 Å². The van der Waals surface area contributed by atoms with Gasteiger partial charge in [0.15, 0.2) is 5.16 Å². The smallest absolute Gasteiger partial charge is 0.327 e. The molecule has 1 saturated carbocycles. The third-order valence-electron chi connectivity index (χ3n) is 3.28. The highest BCUT2D eigenvalue weighted by Gasteiger charge is 2.52. The normalized spacial score (nSPS) is 18.3. The second-order valence-electron chi connectivity index (χ2n) is 5.22. The fourth-order valence-electron chi connectivity index (χ4n) is 2.35. The predicted molar refractivity (Wildman–Crippen MR) is 75.1 cm³/mol. The van der Waals surface area contributed by atoms with Gasteiger partial charge in [0, 0.05) is 24.2 Å². The van der Waals surface area contributed by atoms with Crippen molar-refractivity contribution in [2.45, 2.75) is 43.4 Å². The van der Waals surface area contributed by atoms with Gasteiger partial charge in [-0.15, -0.1) is 0 Å². The number of esters is 1. The number of thioether (sulfide) groups is 1. The number of rotatable bonds is 7. The van der Waals surface area contributed by atoms with Gasteiger partial charge in [-0.05, 0) is 32.6 Å². The highest BCUT2D eigenvalue weighted by Crippen LogP contribution is 2.43. The zero-order valence-corrected chi connectivity index (χ0v) is 12.4. The molecule has 0 amide bonds. The van der Waals surface area contributed by atoms with Crippen LogP contribution in [0.15, 0.2) is 17.6 Å². The quantitative estimate of drug-likeness (QED) is 0.590. The Kier molecular flexibility index (Phi) is 4.52. The number of ether oxygens (including phenoxy) is 1. The van der Waals surface area contributed by atoms with Crippen LogP contribution in [0.3, 0.4) is 0 Å². The second kappa shape index (κ2) is 5.96. The molecule has 0 saturated heterocycles. The Hall–Kier alpha value is -1.01. The van der Waals surface area contributed by atoms with Gasteiger partial charge < -0.3 is 9.72 Å². The van der Waals surface area contributed by atoms with Crippen molar-refractivity contribution >= 4 is 17.7 Å². The van der Waals surface area contributed by atoms with Gasteiger partial charge in [0.1, 0.15) is 5.54 Å². The van der Waals surface area contributed by atoms with E-state index in [1.165, 1.54) is 7.11 Å². The van der Waals surface area contributed by atoms with Crippen LogP contribution in [0, 0.1) is 5.92 Å². The summed E-state index contributed by atoms with van der Waals surface area (Å²) in [5, 5.41) is 4.26. The maximum atomic E-state index is 12.3. The number of H-pyrrole nitrogens is 1. The number of nitrogens with one attached hydrogen (secondary N) is 2. The Bertz CT molecular complexity index is 418. The number of hydrogen-bond donors (Lipinski definition) is 2. The van der Waals surface area contributed by atoms with Gasteiger partial charge in [0.05, 0.1) is 7.11 Å². The van der Waals surface area contributed by atoms with Crippen LogP contribution in [0.5, 0.6) is 0 Å². The third kappa shape index (κ3) is 3.30. The molecule has 5 nitrogen and oxygen atoms in total. The lowest BCUT2D eigenvalue weighted by Crippen LogP contribution is -2.59. The summed E-state index contributed by atoms with van der Waals surface area (Å²) in [4.78, 5) is 19.5. The van der Waals surface area contributed by atoms with E-state index in [0.29, 0.717) is 11.7 Å². The fraction of sp³-hybridized carbons (Fsp3) is 0.692. The van der Waals surface area contributed by atoms with E-state index in [1.807, 2.05) is 0 Å². The molecular formula is C13H21N3O2S. The molecule has 0 aliphatic heterocycles. The van der Waals surface area contributed by atoms with E-state index in [9.17, 15) is 4.79 Å². The first-order valence-corrected chi connectivity index (χ1v) is 7.55. The molecule has 1 aromatic heterocycles. The Balaban J connectivity index is 2.13. The van der Waals surface area contributed by atoms with Gasteiger partial charge in [0.25, 0.3) is 0 Å². The van der Waals surface area contributed by atoms with Crippen LogP contribution < -0.4 is 5.32 Å². The summed E-state index contributed by atoms with van der Waals surface area (Å²) in [6, 6.07) is 0.233. The molecular weight excluding hydrogens is 262 g/mol. The Labute approximate surface area is 117 Å². The number of nitrogens with zero attached hydrogens (tertiary/aromatic N) is 1. The zero-order valence-electron chi connectivity index (χ0n) is 11.6. The third-order valence-corrected chi connectivity index (χ3v) is 4.38. The number of aromatic nitrogens is 2. The molecule has 6 heteroatoms. The van der Waals surface area contributed by atoms with Gasteiger partial charge in [-0.2, -0.15) is 0 Å². The van der Waals surface area contributed by atoms with Crippen LogP contribution in [-0.2, 0) is 9.53 Å². The van der Waals surface area contributed by atoms with Gasteiger partial charge >= 0.3 is 5.97 Å². The monoisotopic (exact) mass is 283 g/mol. The molecule has 19 heavy (non-hydrogen) atoms. The summed E-state index contributed by atoms with van der Waals surface area (Å²) in [5.41, 5.74) is -0.597. The van der Waals surface area contributed by atoms with Gasteiger partial charge in [0.2, 0.25) is 0 Å². The van der Waals surface area contributed by atoms with Crippen molar-refractivity contribution in [3.05, 3.63) is 12.4 Å². The Morgan fingerprint density at radius 1 is 1.68 bits per heavy atom. The lowest BCUT2D eigenvalue weighted by Gasteiger charge is -2.33. The molecule has 1 aliphatic carbocycles. The maximum Gasteiger partial charge on any atom is 0.327 e. The zero-order chi connectivity index (χ0) is 13.9. The average molecular weight is 283 g/mol. The number of methoxy groups -OCH3 is 1. The van der Waals surface area contributed by atoms with Gasteiger partial charge in [-0.1, -0.05) is 11.8 Å². The lowest BCUT2D eigenvalue weighted by molar-refractivity contribution is -0.148. The van der Waals surface area contributed by atoms with E-state index in [1.54, 1.807) is 24.2 Å². The average Bonchev–Trinajstić information content (AvgIpc) is 3.11. The summed E-state index contributed by atoms with van der Waals surface area (Å²) in [6.07, 6.45) is 5.66. The highest BCUT2D eigenvalue weighted by molar-refractivity contribution is 7.99. The molecule has 1 aliphatic rings. The topological polar surface area (TPSA) is 67.0 Å². The van der Waals surface area contributed by atoms with Crippen molar-refractivity contribution < 1.29 is 9.53 Å². The number of imidazole rings is 1. The van der Waals surface area contributed by atoms with E-state index in [4.69, 9.17) is 4.74 Å². The van der Waals surface area contributed by atoms with Crippen LogP contribution in [0.1, 0.15) is 26.7 Å². The Morgan fingerprint density at radius 2 is 2.42 bits per heavy atom. The molecule has 0 radical (unpaired) electrons. The van der Waals surface area contributed by atoms with Crippen LogP contribution in [-0.4, -0.2) is 40.4 Å². The van der Waals surface area contributed by atoms with Crippen molar-refractivity contribution in [1.29, 1.82) is 0 Å². The SMILES string of the molecule is COC(=O)C(CSc1ncc[nH]1)(NC(C)C)C1CC1. The first-order chi connectivity index (χ1) is 9.08. The molecule has 2 rings (SSSR count). The van der Waals surface area contributed by atoms with Gasteiger partial charge in [-0.25, -0.2) is 4.98 Å². The largest absolute Gasteiger partial charge is 0.468 e. The van der Waals surface area contributed by atoms with Crippen molar-refractivity contribution in [2.75, 3.05) is 12.9 Å². The van der Waals surface area contributed by atoms with Crippen molar-refractivity contribution in [3.8, 4) is 0 Å². The van der Waals surface area contributed by atoms with E-state index >= 15 is 0 Å². The Morgan fingerprint density at radius 3 is 2.89 bits per heavy atom. The highest BCUT2D eigenvalue weighted by atomic mass is 32.2. The summed E-state index contributed by atoms with van der Waals surface area (Å²) < 4.78 is 5.04.